The minimum absolute atomic E-state index is 0.104. The van der Waals surface area contributed by atoms with Crippen molar-refractivity contribution in [1.29, 1.82) is 0 Å². The lowest BCUT2D eigenvalue weighted by molar-refractivity contribution is 0.109. The van der Waals surface area contributed by atoms with Crippen LogP contribution in [0.5, 0.6) is 5.75 Å². The van der Waals surface area contributed by atoms with Crippen molar-refractivity contribution in [3.05, 3.63) is 41.2 Å². The van der Waals surface area contributed by atoms with Crippen LogP contribution in [0.4, 0.5) is 16.3 Å². The monoisotopic (exact) mass is 509 g/mol. The molecule has 2 heterocycles. The Balaban J connectivity index is 1.26. The Morgan fingerprint density at radius 3 is 2.67 bits per heavy atom. The highest BCUT2D eigenvalue weighted by Crippen LogP contribution is 2.42. The lowest BCUT2D eigenvalue weighted by atomic mass is 9.86. The highest BCUT2D eigenvalue weighted by molar-refractivity contribution is 7.15. The van der Waals surface area contributed by atoms with Crippen molar-refractivity contribution in [3.63, 3.8) is 0 Å². The molecule has 0 aliphatic heterocycles. The quantitative estimate of drug-likeness (QED) is 0.303. The van der Waals surface area contributed by atoms with Crippen LogP contribution in [-0.2, 0) is 4.74 Å². The number of alkyl carbamates (subject to hydrolysis) is 1. The first-order valence-corrected chi connectivity index (χ1v) is 13.7. The third-order valence-electron chi connectivity index (χ3n) is 6.66. The van der Waals surface area contributed by atoms with Crippen LogP contribution in [0.25, 0.3) is 10.4 Å². The number of aromatic amines is 1. The number of rotatable bonds is 9. The van der Waals surface area contributed by atoms with Gasteiger partial charge in [-0.15, -0.1) is 11.3 Å². The summed E-state index contributed by atoms with van der Waals surface area (Å²) < 4.78 is 11.5. The number of aryl methyl sites for hydroxylation is 1. The number of aromatic nitrogens is 3. The number of hydrogen-bond acceptors (Lipinski definition) is 7. The smallest absolute Gasteiger partial charge is 0.407 e. The minimum Gasteiger partial charge on any atom is -0.493 e. The van der Waals surface area contributed by atoms with E-state index in [0.29, 0.717) is 11.8 Å². The molecular formula is C27H35N5O3S. The van der Waals surface area contributed by atoms with E-state index in [1.54, 1.807) is 11.3 Å². The molecule has 0 unspecified atom stereocenters. The number of anilines is 2. The van der Waals surface area contributed by atoms with Gasteiger partial charge >= 0.3 is 6.09 Å². The first kappa shape index (κ1) is 24.6. The predicted molar refractivity (Wildman–Crippen MR) is 142 cm³/mol. The van der Waals surface area contributed by atoms with Crippen molar-refractivity contribution in [2.24, 2.45) is 5.92 Å². The summed E-state index contributed by atoms with van der Waals surface area (Å²) in [6.45, 7) is 6.46. The standard InChI is InChI=1S/C27H35N5O3S/c1-16(2)35-27(33)30-20-8-6-19(7-9-20)26-28-14-24(36-26)22-11-10-21(29-25-12-17(3)31-32-25)13-23(22)34-15-18-4-5-18/h10-14,16,18-20H,4-9,15H2,1-3H3,(H,30,33)(H2,29,31,32). The minimum atomic E-state index is -0.316. The van der Waals surface area contributed by atoms with Crippen molar-refractivity contribution in [2.75, 3.05) is 11.9 Å². The van der Waals surface area contributed by atoms with E-state index < -0.39 is 0 Å². The van der Waals surface area contributed by atoms with E-state index in [9.17, 15) is 4.79 Å². The number of H-pyrrole nitrogens is 1. The average molecular weight is 510 g/mol. The molecule has 2 aromatic heterocycles. The van der Waals surface area contributed by atoms with E-state index in [0.717, 1.165) is 70.7 Å². The van der Waals surface area contributed by atoms with Gasteiger partial charge in [-0.2, -0.15) is 5.10 Å². The largest absolute Gasteiger partial charge is 0.493 e. The van der Waals surface area contributed by atoms with Crippen LogP contribution in [0.3, 0.4) is 0 Å². The Kier molecular flexibility index (Phi) is 7.46. The zero-order valence-electron chi connectivity index (χ0n) is 21.2. The Labute approximate surface area is 216 Å². The zero-order valence-corrected chi connectivity index (χ0v) is 22.0. The second-order valence-electron chi connectivity index (χ2n) is 10.2. The summed E-state index contributed by atoms with van der Waals surface area (Å²) in [5.74, 6) is 2.76. The van der Waals surface area contributed by atoms with Gasteiger partial charge in [0.05, 0.1) is 22.6 Å². The maximum Gasteiger partial charge on any atom is 0.407 e. The molecule has 0 spiro atoms. The highest BCUT2D eigenvalue weighted by atomic mass is 32.1. The molecule has 8 nitrogen and oxygen atoms in total. The van der Waals surface area contributed by atoms with Crippen LogP contribution in [0.2, 0.25) is 0 Å². The molecule has 0 atom stereocenters. The van der Waals surface area contributed by atoms with Gasteiger partial charge in [-0.25, -0.2) is 9.78 Å². The molecule has 9 heteroatoms. The van der Waals surface area contributed by atoms with Crippen LogP contribution in [0.15, 0.2) is 30.5 Å². The van der Waals surface area contributed by atoms with Crippen molar-refractivity contribution >= 4 is 28.9 Å². The number of carbonyl (C=O) groups is 1. The Morgan fingerprint density at radius 1 is 1.17 bits per heavy atom. The Hall–Kier alpha value is -3.07. The SMILES string of the molecule is Cc1cc(Nc2ccc(-c3cnc(C4CCC(NC(=O)OC(C)C)CC4)s3)c(OCC3CC3)c2)n[nH]1. The molecule has 0 radical (unpaired) electrons. The van der Waals surface area contributed by atoms with E-state index >= 15 is 0 Å². The summed E-state index contributed by atoms with van der Waals surface area (Å²) in [6.07, 6.45) is 7.96. The molecule has 2 aliphatic rings. The number of thiazole rings is 1. The topological polar surface area (TPSA) is 101 Å². The molecule has 2 aliphatic carbocycles. The van der Waals surface area contributed by atoms with Crippen molar-refractivity contribution in [2.45, 2.75) is 77.4 Å². The van der Waals surface area contributed by atoms with Crippen LogP contribution < -0.4 is 15.4 Å². The van der Waals surface area contributed by atoms with E-state index in [4.69, 9.17) is 14.5 Å². The van der Waals surface area contributed by atoms with E-state index in [1.165, 1.54) is 12.8 Å². The first-order chi connectivity index (χ1) is 17.4. The Morgan fingerprint density at radius 2 is 1.97 bits per heavy atom. The van der Waals surface area contributed by atoms with E-state index in [1.807, 2.05) is 33.0 Å². The number of hydrogen-bond donors (Lipinski definition) is 3. The fraction of sp³-hybridized carbons (Fsp3) is 0.519. The summed E-state index contributed by atoms with van der Waals surface area (Å²) in [4.78, 5) is 17.9. The normalized spacial score (nSPS) is 19.8. The van der Waals surface area contributed by atoms with Gasteiger partial charge in [-0.05, 0) is 77.3 Å². The molecule has 1 amide bonds. The summed E-state index contributed by atoms with van der Waals surface area (Å²) in [5, 5.41) is 14.8. The van der Waals surface area contributed by atoms with Gasteiger partial charge in [0, 0.05) is 47.2 Å². The number of carbonyl (C=O) groups excluding carboxylic acids is 1. The van der Waals surface area contributed by atoms with Crippen LogP contribution in [-0.4, -0.2) is 40.0 Å². The molecule has 3 N–H and O–H groups in total. The number of nitrogens with zero attached hydrogens (tertiary/aromatic N) is 2. The third kappa shape index (κ3) is 6.37. The first-order valence-electron chi connectivity index (χ1n) is 12.9. The van der Waals surface area contributed by atoms with Crippen LogP contribution >= 0.6 is 11.3 Å². The second kappa shape index (κ2) is 10.9. The fourth-order valence-electron chi connectivity index (χ4n) is 4.55. The van der Waals surface area contributed by atoms with Crippen LogP contribution in [0.1, 0.15) is 69.0 Å². The summed E-state index contributed by atoms with van der Waals surface area (Å²) >= 11 is 1.75. The number of amides is 1. The number of benzene rings is 1. The van der Waals surface area contributed by atoms with Gasteiger partial charge in [-0.1, -0.05) is 0 Å². The highest BCUT2D eigenvalue weighted by Gasteiger charge is 2.27. The molecular weight excluding hydrogens is 474 g/mol. The van der Waals surface area contributed by atoms with Gasteiger partial charge in [0.15, 0.2) is 5.82 Å². The molecule has 0 bridgehead atoms. The summed E-state index contributed by atoms with van der Waals surface area (Å²) in [6, 6.07) is 8.39. The number of ether oxygens (including phenoxy) is 2. The van der Waals surface area contributed by atoms with Gasteiger partial charge in [0.2, 0.25) is 0 Å². The predicted octanol–water partition coefficient (Wildman–Crippen LogP) is 6.53. The second-order valence-corrected chi connectivity index (χ2v) is 11.3. The summed E-state index contributed by atoms with van der Waals surface area (Å²) in [7, 11) is 0. The van der Waals surface area contributed by atoms with Crippen molar-refractivity contribution in [3.8, 4) is 16.2 Å². The van der Waals surface area contributed by atoms with Gasteiger partial charge in [0.1, 0.15) is 5.75 Å². The number of nitrogens with one attached hydrogen (secondary N) is 3. The van der Waals surface area contributed by atoms with Crippen molar-refractivity contribution < 1.29 is 14.3 Å². The average Bonchev–Trinajstić information content (AvgIpc) is 3.39. The van der Waals surface area contributed by atoms with E-state index in [2.05, 4.69) is 39.0 Å². The molecule has 192 valence electrons. The van der Waals surface area contributed by atoms with Gasteiger partial charge in [-0.3, -0.25) is 5.10 Å². The van der Waals surface area contributed by atoms with Gasteiger partial charge < -0.3 is 20.1 Å². The van der Waals surface area contributed by atoms with Crippen LogP contribution in [0, 0.1) is 12.8 Å². The molecule has 1 aromatic carbocycles. The zero-order chi connectivity index (χ0) is 25.1. The molecule has 36 heavy (non-hydrogen) atoms. The fourth-order valence-corrected chi connectivity index (χ4v) is 5.66. The molecule has 3 aromatic rings. The van der Waals surface area contributed by atoms with E-state index in [-0.39, 0.29) is 18.2 Å². The third-order valence-corrected chi connectivity index (χ3v) is 7.85. The summed E-state index contributed by atoms with van der Waals surface area (Å²) in [5.41, 5.74) is 3.04. The lowest BCUT2D eigenvalue weighted by Crippen LogP contribution is -2.38. The molecule has 5 rings (SSSR count). The maximum atomic E-state index is 11.9. The lowest BCUT2D eigenvalue weighted by Gasteiger charge is -2.28. The Bertz CT molecular complexity index is 1180. The maximum absolute atomic E-state index is 11.9. The molecule has 2 fully saturated rings. The van der Waals surface area contributed by atoms with Gasteiger partial charge in [0.25, 0.3) is 0 Å². The molecule has 0 saturated heterocycles. The molecule has 2 saturated carbocycles. The van der Waals surface area contributed by atoms with Crippen molar-refractivity contribution in [1.82, 2.24) is 20.5 Å².